The Kier molecular flexibility index (Phi) is 13.0. The molecule has 0 atom stereocenters. The zero-order chi connectivity index (χ0) is 12.8. The van der Waals surface area contributed by atoms with E-state index in [4.69, 9.17) is 4.74 Å². The van der Waals surface area contributed by atoms with Crippen LogP contribution in [0, 0.1) is 0 Å². The highest BCUT2D eigenvalue weighted by Crippen LogP contribution is 1.89. The van der Waals surface area contributed by atoms with Crippen molar-refractivity contribution in [3.63, 3.8) is 0 Å². The van der Waals surface area contributed by atoms with E-state index >= 15 is 0 Å². The second-order valence-electron chi connectivity index (χ2n) is 4.20. The Morgan fingerprint density at radius 3 is 2.41 bits per heavy atom. The van der Waals surface area contributed by atoms with Crippen LogP contribution in [0.15, 0.2) is 0 Å². The Labute approximate surface area is 105 Å². The molecule has 4 nitrogen and oxygen atoms in total. The van der Waals surface area contributed by atoms with Crippen LogP contribution in [0.4, 0.5) is 0 Å². The van der Waals surface area contributed by atoms with Crippen molar-refractivity contribution in [1.82, 2.24) is 10.6 Å². The van der Waals surface area contributed by atoms with Gasteiger partial charge in [0.05, 0.1) is 6.54 Å². The molecule has 0 unspecified atom stereocenters. The Bertz CT molecular complexity index is 175. The molecule has 0 radical (unpaired) electrons. The zero-order valence-corrected chi connectivity index (χ0v) is 11.4. The van der Waals surface area contributed by atoms with Gasteiger partial charge in [-0.2, -0.15) is 0 Å². The minimum absolute atomic E-state index is 0.0883. The molecule has 2 N–H and O–H groups in total. The maximum absolute atomic E-state index is 11.3. The first-order valence-corrected chi connectivity index (χ1v) is 6.86. The van der Waals surface area contributed by atoms with Crippen molar-refractivity contribution in [3.8, 4) is 0 Å². The number of amides is 1. The number of hydrogen-bond donors (Lipinski definition) is 2. The third-order valence-corrected chi connectivity index (χ3v) is 2.42. The molecular weight excluding hydrogens is 216 g/mol. The first-order valence-electron chi connectivity index (χ1n) is 6.86. The standard InChI is InChI=1S/C13H28N2O2/c1-3-5-9-15-13(16)12-14-8-7-11-17-10-6-4-2/h14H,3-12H2,1-2H3,(H,15,16). The van der Waals surface area contributed by atoms with Crippen LogP contribution in [0.2, 0.25) is 0 Å². The fourth-order valence-electron chi connectivity index (χ4n) is 1.32. The van der Waals surface area contributed by atoms with E-state index in [9.17, 15) is 4.79 Å². The Morgan fingerprint density at radius 1 is 1.00 bits per heavy atom. The molecule has 0 saturated heterocycles. The molecule has 0 aliphatic carbocycles. The summed E-state index contributed by atoms with van der Waals surface area (Å²) in [6.07, 6.45) is 5.44. The number of unbranched alkanes of at least 4 members (excludes halogenated alkanes) is 2. The van der Waals surface area contributed by atoms with E-state index in [1.54, 1.807) is 0 Å². The van der Waals surface area contributed by atoms with Gasteiger partial charge in [0.15, 0.2) is 0 Å². The number of hydrogen-bond acceptors (Lipinski definition) is 3. The largest absolute Gasteiger partial charge is 0.381 e. The Morgan fingerprint density at radius 2 is 1.71 bits per heavy atom. The average Bonchev–Trinajstić information content (AvgIpc) is 2.33. The molecule has 0 saturated carbocycles. The molecule has 0 rings (SSSR count). The van der Waals surface area contributed by atoms with Crippen LogP contribution in [0.25, 0.3) is 0 Å². The van der Waals surface area contributed by atoms with Gasteiger partial charge in [-0.15, -0.1) is 0 Å². The number of nitrogens with one attached hydrogen (secondary N) is 2. The van der Waals surface area contributed by atoms with E-state index in [1.807, 2.05) is 0 Å². The lowest BCUT2D eigenvalue weighted by atomic mass is 10.3. The molecule has 0 heterocycles. The van der Waals surface area contributed by atoms with Crippen molar-refractivity contribution < 1.29 is 9.53 Å². The van der Waals surface area contributed by atoms with Crippen LogP contribution in [0.1, 0.15) is 46.0 Å². The van der Waals surface area contributed by atoms with Crippen molar-refractivity contribution in [1.29, 1.82) is 0 Å². The maximum atomic E-state index is 11.3. The molecule has 0 fully saturated rings. The second-order valence-corrected chi connectivity index (χ2v) is 4.20. The van der Waals surface area contributed by atoms with E-state index in [0.717, 1.165) is 52.0 Å². The highest BCUT2D eigenvalue weighted by molar-refractivity contribution is 5.77. The van der Waals surface area contributed by atoms with E-state index in [0.29, 0.717) is 6.54 Å². The lowest BCUT2D eigenvalue weighted by Crippen LogP contribution is -2.34. The van der Waals surface area contributed by atoms with E-state index < -0.39 is 0 Å². The molecule has 0 spiro atoms. The normalized spacial score (nSPS) is 10.5. The van der Waals surface area contributed by atoms with Crippen LogP contribution in [-0.2, 0) is 9.53 Å². The molecule has 0 aliphatic rings. The summed E-state index contributed by atoms with van der Waals surface area (Å²) in [7, 11) is 0. The van der Waals surface area contributed by atoms with E-state index in [-0.39, 0.29) is 5.91 Å². The molecule has 0 aromatic rings. The highest BCUT2D eigenvalue weighted by Gasteiger charge is 1.98. The summed E-state index contributed by atoms with van der Waals surface area (Å²) in [5.41, 5.74) is 0. The minimum Gasteiger partial charge on any atom is -0.381 e. The van der Waals surface area contributed by atoms with Crippen molar-refractivity contribution >= 4 is 5.91 Å². The molecule has 0 aliphatic heterocycles. The van der Waals surface area contributed by atoms with Crippen LogP contribution in [0.5, 0.6) is 0 Å². The molecule has 4 heteroatoms. The predicted octanol–water partition coefficient (Wildman–Crippen LogP) is 1.70. The summed E-state index contributed by atoms with van der Waals surface area (Å²) in [6.45, 7) is 7.95. The molecular formula is C13H28N2O2. The molecule has 17 heavy (non-hydrogen) atoms. The quantitative estimate of drug-likeness (QED) is 0.514. The van der Waals surface area contributed by atoms with Gasteiger partial charge in [0, 0.05) is 19.8 Å². The van der Waals surface area contributed by atoms with Gasteiger partial charge in [-0.3, -0.25) is 4.79 Å². The summed E-state index contributed by atoms with van der Waals surface area (Å²) < 4.78 is 5.42. The molecule has 0 aromatic carbocycles. The first kappa shape index (κ1) is 16.4. The molecule has 102 valence electrons. The fraction of sp³-hybridized carbons (Fsp3) is 0.923. The van der Waals surface area contributed by atoms with Gasteiger partial charge in [-0.05, 0) is 25.8 Å². The molecule has 1 amide bonds. The van der Waals surface area contributed by atoms with Crippen LogP contribution < -0.4 is 10.6 Å². The van der Waals surface area contributed by atoms with Gasteiger partial charge in [-0.1, -0.05) is 26.7 Å². The first-order chi connectivity index (χ1) is 8.31. The summed E-state index contributed by atoms with van der Waals surface area (Å²) in [5, 5.41) is 5.98. The van der Waals surface area contributed by atoms with Gasteiger partial charge in [0.2, 0.25) is 5.91 Å². The summed E-state index contributed by atoms with van der Waals surface area (Å²) in [4.78, 5) is 11.3. The molecule has 0 bridgehead atoms. The van der Waals surface area contributed by atoms with Crippen molar-refractivity contribution in [3.05, 3.63) is 0 Å². The highest BCUT2D eigenvalue weighted by atomic mass is 16.5. The lowest BCUT2D eigenvalue weighted by Gasteiger charge is -2.06. The Hall–Kier alpha value is -0.610. The summed E-state index contributed by atoms with van der Waals surface area (Å²) in [6, 6.07) is 0. The monoisotopic (exact) mass is 244 g/mol. The van der Waals surface area contributed by atoms with Gasteiger partial charge >= 0.3 is 0 Å². The smallest absolute Gasteiger partial charge is 0.233 e. The van der Waals surface area contributed by atoms with Crippen LogP contribution >= 0.6 is 0 Å². The number of carbonyl (C=O) groups excluding carboxylic acids is 1. The topological polar surface area (TPSA) is 50.4 Å². The van der Waals surface area contributed by atoms with Crippen molar-refractivity contribution in [2.45, 2.75) is 46.0 Å². The average molecular weight is 244 g/mol. The van der Waals surface area contributed by atoms with Crippen LogP contribution in [0.3, 0.4) is 0 Å². The summed E-state index contributed by atoms with van der Waals surface area (Å²) >= 11 is 0. The Balaban J connectivity index is 3.08. The van der Waals surface area contributed by atoms with Crippen LogP contribution in [-0.4, -0.2) is 38.8 Å². The fourth-order valence-corrected chi connectivity index (χ4v) is 1.32. The van der Waals surface area contributed by atoms with E-state index in [1.165, 1.54) is 6.42 Å². The third kappa shape index (κ3) is 13.3. The second kappa shape index (κ2) is 13.5. The molecule has 0 aromatic heterocycles. The van der Waals surface area contributed by atoms with Gasteiger partial charge < -0.3 is 15.4 Å². The third-order valence-electron chi connectivity index (χ3n) is 2.42. The van der Waals surface area contributed by atoms with Gasteiger partial charge in [0.1, 0.15) is 0 Å². The lowest BCUT2D eigenvalue weighted by molar-refractivity contribution is -0.120. The SMILES string of the molecule is CCCCNC(=O)CNCCCOCCCC. The van der Waals surface area contributed by atoms with Crippen molar-refractivity contribution in [2.24, 2.45) is 0 Å². The number of rotatable bonds is 12. The van der Waals surface area contributed by atoms with Gasteiger partial charge in [0.25, 0.3) is 0 Å². The minimum atomic E-state index is 0.0883. The van der Waals surface area contributed by atoms with Crippen molar-refractivity contribution in [2.75, 3.05) is 32.8 Å². The number of carbonyl (C=O) groups is 1. The maximum Gasteiger partial charge on any atom is 0.233 e. The van der Waals surface area contributed by atoms with Gasteiger partial charge in [-0.25, -0.2) is 0 Å². The zero-order valence-electron chi connectivity index (χ0n) is 11.4. The predicted molar refractivity (Wildman–Crippen MR) is 71.1 cm³/mol. The number of ether oxygens (including phenoxy) is 1. The van der Waals surface area contributed by atoms with E-state index in [2.05, 4.69) is 24.5 Å². The summed E-state index contributed by atoms with van der Waals surface area (Å²) in [5.74, 6) is 0.0883.